The number of hydrogen-bond donors (Lipinski definition) is 0. The molecule has 0 aliphatic carbocycles. The van der Waals surface area contributed by atoms with Gasteiger partial charge in [0.25, 0.3) is 0 Å². The second-order valence-electron chi connectivity index (χ2n) is 2.87. The lowest BCUT2D eigenvalue weighted by atomic mass is 10.1. The minimum atomic E-state index is -1.15. The standard InChI is InChI=1S/C10H16O4Si/c1-11-9-7-5-4-6-8(9)10(12-2,13-3)14-15/h4-7H,1-3,15H3. The quantitative estimate of drug-likeness (QED) is 0.540. The zero-order chi connectivity index (χ0) is 11.3. The molecule has 0 saturated heterocycles. The SMILES string of the molecule is COc1ccccc1C(OC)(OC)O[SiH3]. The van der Waals surface area contributed by atoms with Crippen molar-refractivity contribution >= 4 is 10.5 Å². The molecule has 1 aromatic carbocycles. The molecule has 0 saturated carbocycles. The Morgan fingerprint density at radius 3 is 2.13 bits per heavy atom. The van der Waals surface area contributed by atoms with E-state index in [2.05, 4.69) is 0 Å². The molecule has 0 radical (unpaired) electrons. The smallest absolute Gasteiger partial charge is 0.304 e. The second-order valence-corrected chi connectivity index (χ2v) is 3.28. The Morgan fingerprint density at radius 1 is 1.07 bits per heavy atom. The van der Waals surface area contributed by atoms with E-state index in [1.807, 2.05) is 24.3 Å². The van der Waals surface area contributed by atoms with E-state index in [1.54, 1.807) is 7.11 Å². The van der Waals surface area contributed by atoms with E-state index >= 15 is 0 Å². The molecular formula is C10H16O4Si. The van der Waals surface area contributed by atoms with Crippen LogP contribution in [0.2, 0.25) is 0 Å². The third-order valence-corrected chi connectivity index (χ3v) is 2.78. The lowest BCUT2D eigenvalue weighted by molar-refractivity contribution is -0.334. The Morgan fingerprint density at radius 2 is 1.67 bits per heavy atom. The van der Waals surface area contributed by atoms with Gasteiger partial charge < -0.3 is 18.6 Å². The van der Waals surface area contributed by atoms with Gasteiger partial charge >= 0.3 is 5.97 Å². The average Bonchev–Trinajstić information content (AvgIpc) is 2.33. The molecule has 84 valence electrons. The summed E-state index contributed by atoms with van der Waals surface area (Å²) in [6, 6.07) is 7.45. The van der Waals surface area contributed by atoms with E-state index in [0.717, 1.165) is 5.56 Å². The van der Waals surface area contributed by atoms with Gasteiger partial charge in [0, 0.05) is 14.2 Å². The fraction of sp³-hybridized carbons (Fsp3) is 0.400. The maximum absolute atomic E-state index is 5.38. The van der Waals surface area contributed by atoms with E-state index in [9.17, 15) is 0 Å². The fourth-order valence-corrected chi connectivity index (χ4v) is 2.03. The Hall–Kier alpha value is -0.883. The monoisotopic (exact) mass is 228 g/mol. The van der Waals surface area contributed by atoms with Crippen LogP contribution in [0, 0.1) is 0 Å². The van der Waals surface area contributed by atoms with Crippen molar-refractivity contribution in [3.05, 3.63) is 29.8 Å². The first kappa shape index (κ1) is 12.2. The van der Waals surface area contributed by atoms with E-state index < -0.39 is 5.97 Å². The Kier molecular flexibility index (Phi) is 4.28. The molecule has 4 nitrogen and oxygen atoms in total. The second kappa shape index (κ2) is 5.27. The number of para-hydroxylation sites is 1. The third kappa shape index (κ3) is 2.20. The van der Waals surface area contributed by atoms with Crippen molar-refractivity contribution in [3.63, 3.8) is 0 Å². The van der Waals surface area contributed by atoms with Gasteiger partial charge in [-0.15, -0.1) is 0 Å². The molecule has 0 amide bonds. The van der Waals surface area contributed by atoms with Crippen LogP contribution in [0.25, 0.3) is 0 Å². The number of hydrogen-bond acceptors (Lipinski definition) is 4. The van der Waals surface area contributed by atoms with Crippen LogP contribution in [0.4, 0.5) is 0 Å². The van der Waals surface area contributed by atoms with E-state index in [1.165, 1.54) is 14.2 Å². The summed E-state index contributed by atoms with van der Waals surface area (Å²) in [6.45, 7) is 0. The van der Waals surface area contributed by atoms with Crippen molar-refractivity contribution in [1.29, 1.82) is 0 Å². The summed E-state index contributed by atoms with van der Waals surface area (Å²) in [5.41, 5.74) is 0.729. The maximum Gasteiger partial charge on any atom is 0.304 e. The maximum atomic E-state index is 5.38. The average molecular weight is 228 g/mol. The first-order chi connectivity index (χ1) is 7.24. The van der Waals surface area contributed by atoms with Gasteiger partial charge in [-0.3, -0.25) is 0 Å². The van der Waals surface area contributed by atoms with Gasteiger partial charge in [-0.1, -0.05) is 12.1 Å². The predicted molar refractivity (Wildman–Crippen MR) is 59.7 cm³/mol. The molecule has 15 heavy (non-hydrogen) atoms. The van der Waals surface area contributed by atoms with Crippen molar-refractivity contribution in [2.75, 3.05) is 21.3 Å². The minimum absolute atomic E-state index is 0.495. The molecule has 0 aliphatic rings. The van der Waals surface area contributed by atoms with Gasteiger partial charge in [0.05, 0.1) is 12.7 Å². The Labute approximate surface area is 92.6 Å². The highest BCUT2D eigenvalue weighted by atomic mass is 28.2. The van der Waals surface area contributed by atoms with Gasteiger partial charge in [-0.05, 0) is 12.1 Å². The van der Waals surface area contributed by atoms with Crippen LogP contribution in [-0.2, 0) is 19.9 Å². The molecule has 0 unspecified atom stereocenters. The summed E-state index contributed by atoms with van der Waals surface area (Å²) >= 11 is 0. The van der Waals surface area contributed by atoms with Crippen LogP contribution in [0.15, 0.2) is 24.3 Å². The van der Waals surface area contributed by atoms with E-state index in [0.29, 0.717) is 16.2 Å². The molecule has 0 N–H and O–H groups in total. The molecule has 1 aromatic rings. The summed E-state index contributed by atoms with van der Waals surface area (Å²) in [6.07, 6.45) is 0. The number of methoxy groups -OCH3 is 3. The Balaban J connectivity index is 3.21. The van der Waals surface area contributed by atoms with Gasteiger partial charge in [-0.25, -0.2) is 0 Å². The Bertz CT molecular complexity index is 304. The topological polar surface area (TPSA) is 36.9 Å². The highest BCUT2D eigenvalue weighted by Crippen LogP contribution is 2.33. The fourth-order valence-electron chi connectivity index (χ4n) is 1.48. The minimum Gasteiger partial charge on any atom is -0.496 e. The van der Waals surface area contributed by atoms with Crippen LogP contribution in [0.5, 0.6) is 5.75 Å². The molecule has 0 aromatic heterocycles. The van der Waals surface area contributed by atoms with Crippen LogP contribution in [-0.4, -0.2) is 31.8 Å². The van der Waals surface area contributed by atoms with Crippen molar-refractivity contribution in [1.82, 2.24) is 0 Å². The van der Waals surface area contributed by atoms with Gasteiger partial charge in [0.15, 0.2) is 10.5 Å². The first-order valence-electron chi connectivity index (χ1n) is 4.53. The molecule has 0 heterocycles. The van der Waals surface area contributed by atoms with Crippen LogP contribution in [0.3, 0.4) is 0 Å². The summed E-state index contributed by atoms with van der Waals surface area (Å²) in [7, 11) is 5.17. The van der Waals surface area contributed by atoms with Crippen LogP contribution in [0.1, 0.15) is 5.56 Å². The van der Waals surface area contributed by atoms with Crippen molar-refractivity contribution in [2.24, 2.45) is 0 Å². The predicted octanol–water partition coefficient (Wildman–Crippen LogP) is 0.395. The number of benzene rings is 1. The van der Waals surface area contributed by atoms with Gasteiger partial charge in [0.1, 0.15) is 5.75 Å². The summed E-state index contributed by atoms with van der Waals surface area (Å²) in [4.78, 5) is 0. The van der Waals surface area contributed by atoms with Gasteiger partial charge in [0.2, 0.25) is 0 Å². The van der Waals surface area contributed by atoms with Gasteiger partial charge in [-0.2, -0.15) is 0 Å². The zero-order valence-corrected chi connectivity index (χ0v) is 11.4. The third-order valence-electron chi connectivity index (χ3n) is 2.24. The highest BCUT2D eigenvalue weighted by Gasteiger charge is 2.34. The first-order valence-corrected chi connectivity index (χ1v) is 5.34. The normalized spacial score (nSPS) is 11.7. The molecule has 5 heteroatoms. The molecule has 0 bridgehead atoms. The molecule has 1 rings (SSSR count). The molecule has 0 fully saturated rings. The summed E-state index contributed by atoms with van der Waals surface area (Å²) in [5, 5.41) is 0. The summed E-state index contributed by atoms with van der Waals surface area (Å²) in [5.74, 6) is -0.476. The summed E-state index contributed by atoms with van der Waals surface area (Å²) < 4.78 is 21.2. The number of ether oxygens (including phenoxy) is 3. The van der Waals surface area contributed by atoms with Crippen molar-refractivity contribution < 1.29 is 18.6 Å². The molecule has 0 atom stereocenters. The molecule has 0 spiro atoms. The lowest BCUT2D eigenvalue weighted by Gasteiger charge is -2.30. The largest absolute Gasteiger partial charge is 0.496 e. The van der Waals surface area contributed by atoms with Crippen molar-refractivity contribution in [2.45, 2.75) is 5.97 Å². The van der Waals surface area contributed by atoms with E-state index in [-0.39, 0.29) is 0 Å². The van der Waals surface area contributed by atoms with Crippen LogP contribution < -0.4 is 4.74 Å². The van der Waals surface area contributed by atoms with E-state index in [4.69, 9.17) is 18.6 Å². The zero-order valence-electron chi connectivity index (χ0n) is 9.44. The molecular weight excluding hydrogens is 212 g/mol. The lowest BCUT2D eigenvalue weighted by Crippen LogP contribution is -2.33. The van der Waals surface area contributed by atoms with Crippen molar-refractivity contribution in [3.8, 4) is 5.75 Å². The van der Waals surface area contributed by atoms with Crippen LogP contribution >= 0.6 is 0 Å². The number of rotatable bonds is 5. The highest BCUT2D eigenvalue weighted by molar-refractivity contribution is 5.98. The molecule has 0 aliphatic heterocycles.